The van der Waals surface area contributed by atoms with Crippen molar-refractivity contribution in [3.8, 4) is 0 Å². The van der Waals surface area contributed by atoms with Crippen LogP contribution in [0.2, 0.25) is 0 Å². The maximum absolute atomic E-state index is 3.59. The fraction of sp³-hybridized carbons (Fsp3) is 0.647. The average molecular weight is 339 g/mol. The molecule has 1 aromatic rings. The van der Waals surface area contributed by atoms with Crippen LogP contribution in [0.3, 0.4) is 0 Å². The summed E-state index contributed by atoms with van der Waals surface area (Å²) < 4.78 is 1.21. The number of piperidine rings is 1. The van der Waals surface area contributed by atoms with Gasteiger partial charge in [-0.05, 0) is 75.5 Å². The van der Waals surface area contributed by atoms with Gasteiger partial charge in [-0.25, -0.2) is 0 Å². The van der Waals surface area contributed by atoms with Crippen LogP contribution in [0.25, 0.3) is 0 Å². The van der Waals surface area contributed by atoms with Crippen LogP contribution in [0.4, 0.5) is 0 Å². The summed E-state index contributed by atoms with van der Waals surface area (Å²) in [5.74, 6) is 0.935. The Morgan fingerprint density at radius 1 is 1.30 bits per heavy atom. The molecule has 112 valence electrons. The highest BCUT2D eigenvalue weighted by atomic mass is 79.9. The lowest BCUT2D eigenvalue weighted by molar-refractivity contribution is 0.190. The molecule has 0 aliphatic carbocycles. The van der Waals surface area contributed by atoms with Crippen LogP contribution in [-0.2, 0) is 6.54 Å². The monoisotopic (exact) mass is 338 g/mol. The average Bonchev–Trinajstić information content (AvgIpc) is 2.44. The molecule has 1 aliphatic rings. The maximum Gasteiger partial charge on any atom is 0.0207 e. The molecule has 0 bridgehead atoms. The summed E-state index contributed by atoms with van der Waals surface area (Å²) in [4.78, 5) is 2.62. The van der Waals surface area contributed by atoms with Crippen LogP contribution >= 0.6 is 15.9 Å². The van der Waals surface area contributed by atoms with E-state index in [1.54, 1.807) is 0 Å². The third kappa shape index (κ3) is 5.19. The first-order valence-corrected chi connectivity index (χ1v) is 8.62. The predicted molar refractivity (Wildman–Crippen MR) is 90.0 cm³/mol. The molecule has 2 nitrogen and oxygen atoms in total. The second kappa shape index (κ2) is 8.16. The van der Waals surface area contributed by atoms with E-state index in [1.165, 1.54) is 54.5 Å². The number of likely N-dealkylation sites (tertiary alicyclic amines) is 1. The number of aryl methyl sites for hydroxylation is 1. The zero-order valence-electron chi connectivity index (χ0n) is 12.8. The normalized spacial score (nSPS) is 17.6. The summed E-state index contributed by atoms with van der Waals surface area (Å²) in [7, 11) is 0. The molecule has 0 atom stereocenters. The van der Waals surface area contributed by atoms with Gasteiger partial charge in [0.25, 0.3) is 0 Å². The molecule has 0 amide bonds. The van der Waals surface area contributed by atoms with Crippen LogP contribution < -0.4 is 5.32 Å². The predicted octanol–water partition coefficient (Wildman–Crippen LogP) is 3.97. The van der Waals surface area contributed by atoms with Crippen LogP contribution in [0.1, 0.15) is 37.3 Å². The lowest BCUT2D eigenvalue weighted by atomic mass is 9.99. The first-order valence-electron chi connectivity index (χ1n) is 7.83. The van der Waals surface area contributed by atoms with Crippen LogP contribution in [0.5, 0.6) is 0 Å². The topological polar surface area (TPSA) is 15.3 Å². The molecule has 1 heterocycles. The Morgan fingerprint density at radius 3 is 2.75 bits per heavy atom. The van der Waals surface area contributed by atoms with Crippen molar-refractivity contribution in [3.05, 3.63) is 33.8 Å². The van der Waals surface area contributed by atoms with Crippen molar-refractivity contribution in [1.29, 1.82) is 0 Å². The molecule has 1 aliphatic heterocycles. The van der Waals surface area contributed by atoms with E-state index in [0.717, 1.165) is 19.0 Å². The second-order valence-corrected chi connectivity index (χ2v) is 6.99. The smallest absolute Gasteiger partial charge is 0.0207 e. The molecule has 1 fully saturated rings. The molecule has 0 radical (unpaired) electrons. The van der Waals surface area contributed by atoms with Gasteiger partial charge in [-0.1, -0.05) is 35.0 Å². The maximum atomic E-state index is 3.59. The van der Waals surface area contributed by atoms with E-state index < -0.39 is 0 Å². The summed E-state index contributed by atoms with van der Waals surface area (Å²) in [6.07, 6.45) is 4.01. The van der Waals surface area contributed by atoms with Crippen LogP contribution in [0, 0.1) is 12.8 Å². The molecule has 0 spiro atoms. The van der Waals surface area contributed by atoms with Gasteiger partial charge in [0.15, 0.2) is 0 Å². The summed E-state index contributed by atoms with van der Waals surface area (Å²) in [6, 6.07) is 6.60. The molecular formula is C17H27BrN2. The van der Waals surface area contributed by atoms with Gasteiger partial charge in [0.05, 0.1) is 0 Å². The summed E-state index contributed by atoms with van der Waals surface area (Å²) in [5.41, 5.74) is 2.65. The summed E-state index contributed by atoms with van der Waals surface area (Å²) in [6.45, 7) is 10.4. The Kier molecular flexibility index (Phi) is 6.53. The molecule has 0 unspecified atom stereocenters. The molecule has 2 rings (SSSR count). The van der Waals surface area contributed by atoms with Gasteiger partial charge in [0.1, 0.15) is 0 Å². The Balaban J connectivity index is 1.58. The molecule has 1 saturated heterocycles. The Hall–Kier alpha value is -0.380. The molecule has 0 aromatic heterocycles. The zero-order valence-corrected chi connectivity index (χ0v) is 14.4. The highest BCUT2D eigenvalue weighted by Crippen LogP contribution is 2.17. The van der Waals surface area contributed by atoms with Gasteiger partial charge in [-0.3, -0.25) is 0 Å². The van der Waals surface area contributed by atoms with Gasteiger partial charge in [0, 0.05) is 11.0 Å². The van der Waals surface area contributed by atoms with Crippen molar-refractivity contribution in [1.82, 2.24) is 10.2 Å². The molecular weight excluding hydrogens is 312 g/mol. The Labute approximate surface area is 132 Å². The third-order valence-electron chi connectivity index (χ3n) is 4.27. The van der Waals surface area contributed by atoms with Gasteiger partial charge in [-0.15, -0.1) is 0 Å². The standard InChI is InChI=1S/C17H27BrN2/c1-14-6-10-20(11-7-14)9-3-8-19-13-16-5-4-15(2)17(18)12-16/h4-5,12,14,19H,3,6-11,13H2,1-2H3. The molecule has 1 N–H and O–H groups in total. The number of benzene rings is 1. The van der Waals surface area contributed by atoms with E-state index in [-0.39, 0.29) is 0 Å². The number of nitrogens with one attached hydrogen (secondary N) is 1. The van der Waals surface area contributed by atoms with Crippen molar-refractivity contribution in [2.24, 2.45) is 5.92 Å². The second-order valence-electron chi connectivity index (χ2n) is 6.14. The van der Waals surface area contributed by atoms with E-state index in [0.29, 0.717) is 0 Å². The molecule has 20 heavy (non-hydrogen) atoms. The quantitative estimate of drug-likeness (QED) is 0.789. The lowest BCUT2D eigenvalue weighted by Gasteiger charge is -2.30. The fourth-order valence-corrected chi connectivity index (χ4v) is 3.12. The number of nitrogens with zero attached hydrogens (tertiary/aromatic N) is 1. The Bertz CT molecular complexity index is 411. The molecule has 1 aromatic carbocycles. The van der Waals surface area contributed by atoms with Gasteiger partial charge in [-0.2, -0.15) is 0 Å². The SMILES string of the molecule is Cc1ccc(CNCCCN2CCC(C)CC2)cc1Br. The minimum atomic E-state index is 0.935. The highest BCUT2D eigenvalue weighted by molar-refractivity contribution is 9.10. The highest BCUT2D eigenvalue weighted by Gasteiger charge is 2.14. The Morgan fingerprint density at radius 2 is 2.05 bits per heavy atom. The van der Waals surface area contributed by atoms with Crippen molar-refractivity contribution in [3.63, 3.8) is 0 Å². The van der Waals surface area contributed by atoms with Crippen molar-refractivity contribution in [2.75, 3.05) is 26.2 Å². The third-order valence-corrected chi connectivity index (χ3v) is 5.12. The number of rotatable bonds is 6. The number of hydrogen-bond acceptors (Lipinski definition) is 2. The first kappa shape index (κ1) is 16.0. The minimum absolute atomic E-state index is 0.935. The van der Waals surface area contributed by atoms with E-state index in [9.17, 15) is 0 Å². The van der Waals surface area contributed by atoms with Crippen molar-refractivity contribution < 1.29 is 0 Å². The first-order chi connectivity index (χ1) is 9.65. The fourth-order valence-electron chi connectivity index (χ4n) is 2.69. The van der Waals surface area contributed by atoms with Crippen LogP contribution in [-0.4, -0.2) is 31.1 Å². The number of hydrogen-bond donors (Lipinski definition) is 1. The number of halogens is 1. The van der Waals surface area contributed by atoms with Gasteiger partial charge < -0.3 is 10.2 Å². The van der Waals surface area contributed by atoms with Crippen LogP contribution in [0.15, 0.2) is 22.7 Å². The lowest BCUT2D eigenvalue weighted by Crippen LogP contribution is -2.34. The van der Waals surface area contributed by atoms with E-state index in [4.69, 9.17) is 0 Å². The van der Waals surface area contributed by atoms with E-state index in [1.807, 2.05) is 0 Å². The largest absolute Gasteiger partial charge is 0.313 e. The van der Waals surface area contributed by atoms with Crippen molar-refractivity contribution in [2.45, 2.75) is 39.7 Å². The minimum Gasteiger partial charge on any atom is -0.313 e. The van der Waals surface area contributed by atoms with Crippen molar-refractivity contribution >= 4 is 15.9 Å². The molecule has 3 heteroatoms. The van der Waals surface area contributed by atoms with Gasteiger partial charge >= 0.3 is 0 Å². The van der Waals surface area contributed by atoms with Gasteiger partial charge in [0.2, 0.25) is 0 Å². The summed E-state index contributed by atoms with van der Waals surface area (Å²) >= 11 is 3.59. The zero-order chi connectivity index (χ0) is 14.4. The van der Waals surface area contributed by atoms with E-state index >= 15 is 0 Å². The molecule has 0 saturated carbocycles. The van der Waals surface area contributed by atoms with E-state index in [2.05, 4.69) is 58.2 Å². The summed E-state index contributed by atoms with van der Waals surface area (Å²) in [5, 5.41) is 3.55.